The summed E-state index contributed by atoms with van der Waals surface area (Å²) in [6, 6.07) is 68.0. The molecule has 0 N–H and O–H groups in total. The highest BCUT2D eigenvalue weighted by molar-refractivity contribution is 7.25. The number of anilines is 3. The van der Waals surface area contributed by atoms with Crippen molar-refractivity contribution >= 4 is 92.1 Å². The number of rotatable bonds is 5. The molecule has 248 valence electrons. The Kier molecular flexibility index (Phi) is 6.76. The van der Waals surface area contributed by atoms with Crippen molar-refractivity contribution in [3.8, 4) is 22.3 Å². The molecule has 2 nitrogen and oxygen atoms in total. The van der Waals surface area contributed by atoms with Crippen LogP contribution in [0.5, 0.6) is 0 Å². The van der Waals surface area contributed by atoms with E-state index in [2.05, 4.69) is 187 Å². The highest BCUT2D eigenvalue weighted by Gasteiger charge is 2.24. The van der Waals surface area contributed by atoms with Crippen LogP contribution in [0.3, 0.4) is 0 Å². The zero-order chi connectivity index (χ0) is 34.9. The van der Waals surface area contributed by atoms with Crippen LogP contribution in [0, 0.1) is 0 Å². The number of hydrogen-bond acceptors (Lipinski definition) is 3. The summed E-state index contributed by atoms with van der Waals surface area (Å²) in [6.07, 6.45) is 0. The number of hydrogen-bond donors (Lipinski definition) is 0. The van der Waals surface area contributed by atoms with Crippen molar-refractivity contribution < 1.29 is 4.42 Å². The average Bonchev–Trinajstić information content (AvgIpc) is 3.81. The number of para-hydroxylation sites is 2. The van der Waals surface area contributed by atoms with Crippen LogP contribution in [0.2, 0.25) is 0 Å². The van der Waals surface area contributed by atoms with E-state index in [4.69, 9.17) is 4.42 Å². The normalized spacial score (nSPS) is 11.8. The molecule has 0 atom stereocenters. The zero-order valence-electron chi connectivity index (χ0n) is 28.7. The Bertz CT molecular complexity index is 3190. The van der Waals surface area contributed by atoms with E-state index < -0.39 is 0 Å². The van der Waals surface area contributed by atoms with Crippen LogP contribution >= 0.6 is 11.3 Å². The Hall–Kier alpha value is -6.68. The van der Waals surface area contributed by atoms with Gasteiger partial charge in [0.2, 0.25) is 0 Å². The van der Waals surface area contributed by atoms with E-state index in [1.54, 1.807) is 0 Å². The van der Waals surface area contributed by atoms with Gasteiger partial charge in [0.05, 0.1) is 11.4 Å². The van der Waals surface area contributed by atoms with Gasteiger partial charge >= 0.3 is 0 Å². The van der Waals surface area contributed by atoms with E-state index in [9.17, 15) is 0 Å². The molecule has 0 saturated carbocycles. The highest BCUT2D eigenvalue weighted by Crippen LogP contribution is 2.49. The molecule has 0 spiro atoms. The fraction of sp³-hybridized carbons (Fsp3) is 0. The average molecular weight is 694 g/mol. The molecule has 53 heavy (non-hydrogen) atoms. The minimum atomic E-state index is 0.866. The Balaban J connectivity index is 1.24. The fourth-order valence-electron chi connectivity index (χ4n) is 8.30. The highest BCUT2D eigenvalue weighted by atomic mass is 32.1. The molecule has 11 aromatic rings. The molecule has 0 amide bonds. The van der Waals surface area contributed by atoms with Crippen molar-refractivity contribution in [2.24, 2.45) is 0 Å². The van der Waals surface area contributed by atoms with Crippen molar-refractivity contribution in [3.05, 3.63) is 188 Å². The quantitative estimate of drug-likeness (QED) is 0.167. The van der Waals surface area contributed by atoms with Gasteiger partial charge in [0, 0.05) is 42.0 Å². The number of thiophene rings is 1. The number of furan rings is 1. The summed E-state index contributed by atoms with van der Waals surface area (Å²) < 4.78 is 9.36. The van der Waals surface area contributed by atoms with Gasteiger partial charge in [-0.15, -0.1) is 11.3 Å². The van der Waals surface area contributed by atoms with Crippen molar-refractivity contribution in [1.82, 2.24) is 0 Å². The lowest BCUT2D eigenvalue weighted by atomic mass is 9.91. The molecule has 11 rings (SSSR count). The number of benzene rings is 9. The molecule has 2 heterocycles. The second-order valence-electron chi connectivity index (χ2n) is 13.6. The summed E-state index contributed by atoms with van der Waals surface area (Å²) >= 11 is 1.86. The standard InChI is InChI=1S/C50H31NOS/c1-2-14-32(15-3-1)43-31-34(28-29-37(43)40-22-13-27-48-49(40)42-21-9-11-26-47(42)53-48)51(44-24-12-23-41-39-20-8-10-25-46(39)52-50(41)44)45-30-33-16-4-5-17-35(33)36-18-6-7-19-38(36)45/h1-31H. The lowest BCUT2D eigenvalue weighted by Crippen LogP contribution is -2.11. The van der Waals surface area contributed by atoms with E-state index >= 15 is 0 Å². The van der Waals surface area contributed by atoms with Crippen LogP contribution in [0.25, 0.3) is 85.9 Å². The summed E-state index contributed by atoms with van der Waals surface area (Å²) in [7, 11) is 0. The second-order valence-corrected chi connectivity index (χ2v) is 14.7. The molecule has 9 aromatic carbocycles. The van der Waals surface area contributed by atoms with Crippen LogP contribution in [0.15, 0.2) is 192 Å². The van der Waals surface area contributed by atoms with Gasteiger partial charge in [0.25, 0.3) is 0 Å². The Morgan fingerprint density at radius 1 is 0.396 bits per heavy atom. The molecule has 0 saturated heterocycles. The molecule has 0 bridgehead atoms. The van der Waals surface area contributed by atoms with Crippen molar-refractivity contribution in [2.45, 2.75) is 0 Å². The van der Waals surface area contributed by atoms with Crippen molar-refractivity contribution in [2.75, 3.05) is 4.90 Å². The summed E-state index contributed by atoms with van der Waals surface area (Å²) in [5.74, 6) is 0. The number of nitrogens with zero attached hydrogens (tertiary/aromatic N) is 1. The van der Waals surface area contributed by atoms with E-state index in [1.165, 1.54) is 64.0 Å². The smallest absolute Gasteiger partial charge is 0.159 e. The maximum Gasteiger partial charge on any atom is 0.159 e. The van der Waals surface area contributed by atoms with Gasteiger partial charge in [0.15, 0.2) is 5.58 Å². The van der Waals surface area contributed by atoms with E-state index in [1.807, 2.05) is 17.4 Å². The first kappa shape index (κ1) is 30.0. The van der Waals surface area contributed by atoms with Crippen molar-refractivity contribution in [3.63, 3.8) is 0 Å². The predicted molar refractivity (Wildman–Crippen MR) is 227 cm³/mol. The molecule has 0 aliphatic rings. The summed E-state index contributed by atoms with van der Waals surface area (Å²) in [5.41, 5.74) is 9.71. The number of fused-ring (bicyclic) bond motifs is 9. The summed E-state index contributed by atoms with van der Waals surface area (Å²) in [6.45, 7) is 0. The first-order chi connectivity index (χ1) is 26.3. The molecular formula is C50H31NOS. The van der Waals surface area contributed by atoms with Gasteiger partial charge in [-0.25, -0.2) is 0 Å². The first-order valence-corrected chi connectivity index (χ1v) is 18.8. The van der Waals surface area contributed by atoms with Crippen LogP contribution < -0.4 is 4.90 Å². The largest absolute Gasteiger partial charge is 0.454 e. The van der Waals surface area contributed by atoms with E-state index in [0.717, 1.165) is 39.0 Å². The minimum absolute atomic E-state index is 0.866. The third-order valence-corrected chi connectivity index (χ3v) is 11.8. The second kappa shape index (κ2) is 11.9. The Morgan fingerprint density at radius 3 is 1.96 bits per heavy atom. The van der Waals surface area contributed by atoms with Gasteiger partial charge < -0.3 is 9.32 Å². The molecule has 0 aliphatic carbocycles. The molecule has 0 aliphatic heterocycles. The third kappa shape index (κ3) is 4.71. The molecule has 3 heteroatoms. The van der Waals surface area contributed by atoms with Gasteiger partial charge in [-0.05, 0) is 80.9 Å². The van der Waals surface area contributed by atoms with E-state index in [0.29, 0.717) is 0 Å². The Morgan fingerprint density at radius 2 is 1.08 bits per heavy atom. The fourth-order valence-corrected chi connectivity index (χ4v) is 9.43. The SMILES string of the molecule is c1ccc(-c2cc(N(c3cc4ccccc4c4ccccc34)c3cccc4c3oc3ccccc34)ccc2-c2cccc3sc4ccccc4c23)cc1. The molecule has 0 fully saturated rings. The zero-order valence-corrected chi connectivity index (χ0v) is 29.5. The topological polar surface area (TPSA) is 16.4 Å². The van der Waals surface area contributed by atoms with Gasteiger partial charge in [-0.2, -0.15) is 0 Å². The molecule has 0 unspecified atom stereocenters. The van der Waals surface area contributed by atoms with E-state index in [-0.39, 0.29) is 0 Å². The summed E-state index contributed by atoms with van der Waals surface area (Å²) in [4.78, 5) is 2.41. The minimum Gasteiger partial charge on any atom is -0.454 e. The maximum atomic E-state index is 6.75. The van der Waals surface area contributed by atoms with Crippen LogP contribution in [-0.4, -0.2) is 0 Å². The van der Waals surface area contributed by atoms with Crippen LogP contribution in [0.1, 0.15) is 0 Å². The first-order valence-electron chi connectivity index (χ1n) is 18.0. The Labute approximate surface area is 310 Å². The van der Waals surface area contributed by atoms with Gasteiger partial charge in [-0.1, -0.05) is 146 Å². The maximum absolute atomic E-state index is 6.75. The lowest BCUT2D eigenvalue weighted by Gasteiger charge is -2.28. The molecule has 2 aromatic heterocycles. The van der Waals surface area contributed by atoms with Crippen LogP contribution in [0.4, 0.5) is 17.1 Å². The molecular weight excluding hydrogens is 663 g/mol. The van der Waals surface area contributed by atoms with Crippen LogP contribution in [-0.2, 0) is 0 Å². The molecule has 0 radical (unpaired) electrons. The summed E-state index contributed by atoms with van der Waals surface area (Å²) in [5, 5.41) is 9.66. The van der Waals surface area contributed by atoms with Gasteiger partial charge in [0.1, 0.15) is 5.58 Å². The van der Waals surface area contributed by atoms with Gasteiger partial charge in [-0.3, -0.25) is 0 Å². The van der Waals surface area contributed by atoms with Crippen molar-refractivity contribution in [1.29, 1.82) is 0 Å². The monoisotopic (exact) mass is 693 g/mol. The lowest BCUT2D eigenvalue weighted by molar-refractivity contribution is 0.669. The third-order valence-electron chi connectivity index (χ3n) is 10.7. The predicted octanol–water partition coefficient (Wildman–Crippen LogP) is 15.1.